The monoisotopic (exact) mass is 271 g/mol. The Morgan fingerprint density at radius 1 is 1.47 bits per heavy atom. The third-order valence-electron chi connectivity index (χ3n) is 2.32. The predicted octanol–water partition coefficient (Wildman–Crippen LogP) is 1.35. The van der Waals surface area contributed by atoms with E-state index in [0.717, 1.165) is 12.1 Å². The highest BCUT2D eigenvalue weighted by Gasteiger charge is 2.13. The van der Waals surface area contributed by atoms with E-state index in [1.54, 1.807) is 0 Å². The molecule has 0 aliphatic rings. The SMILES string of the molecule is C=CCN(CCO)C(=O)COc1ccc(F)cc1F. The maximum absolute atomic E-state index is 13.3. The summed E-state index contributed by atoms with van der Waals surface area (Å²) in [6, 6.07) is 2.83. The number of nitrogens with zero attached hydrogens (tertiary/aromatic N) is 1. The summed E-state index contributed by atoms with van der Waals surface area (Å²) in [5, 5.41) is 8.80. The van der Waals surface area contributed by atoms with E-state index in [-0.39, 0.29) is 25.4 Å². The topological polar surface area (TPSA) is 49.8 Å². The molecule has 0 aliphatic heterocycles. The largest absolute Gasteiger partial charge is 0.481 e. The highest BCUT2D eigenvalue weighted by atomic mass is 19.1. The van der Waals surface area contributed by atoms with Gasteiger partial charge in [-0.3, -0.25) is 4.79 Å². The molecule has 6 heteroatoms. The summed E-state index contributed by atoms with van der Waals surface area (Å²) in [5.74, 6) is -2.20. The molecule has 1 rings (SSSR count). The van der Waals surface area contributed by atoms with Crippen molar-refractivity contribution < 1.29 is 23.4 Å². The van der Waals surface area contributed by atoms with E-state index in [9.17, 15) is 13.6 Å². The van der Waals surface area contributed by atoms with Crippen LogP contribution in [0.4, 0.5) is 8.78 Å². The Balaban J connectivity index is 2.59. The third kappa shape index (κ3) is 4.67. The second-order valence-electron chi connectivity index (χ2n) is 3.72. The molecule has 1 aromatic carbocycles. The number of carbonyl (C=O) groups is 1. The van der Waals surface area contributed by atoms with Gasteiger partial charge in [-0.15, -0.1) is 6.58 Å². The summed E-state index contributed by atoms with van der Waals surface area (Å²) in [7, 11) is 0. The lowest BCUT2D eigenvalue weighted by atomic mass is 10.3. The molecule has 1 aromatic rings. The first-order chi connectivity index (χ1) is 9.08. The van der Waals surface area contributed by atoms with Crippen LogP contribution in [0, 0.1) is 11.6 Å². The molecule has 0 fully saturated rings. The van der Waals surface area contributed by atoms with Crippen LogP contribution in [-0.2, 0) is 4.79 Å². The van der Waals surface area contributed by atoms with Crippen molar-refractivity contribution in [3.63, 3.8) is 0 Å². The van der Waals surface area contributed by atoms with Crippen LogP contribution in [0.1, 0.15) is 0 Å². The van der Waals surface area contributed by atoms with Gasteiger partial charge in [0.25, 0.3) is 5.91 Å². The molecule has 0 aromatic heterocycles. The molecule has 0 bridgehead atoms. The Kier molecular flexibility index (Phi) is 5.95. The third-order valence-corrected chi connectivity index (χ3v) is 2.32. The molecule has 0 saturated carbocycles. The predicted molar refractivity (Wildman–Crippen MR) is 65.7 cm³/mol. The van der Waals surface area contributed by atoms with Crippen molar-refractivity contribution in [2.45, 2.75) is 0 Å². The molecule has 0 radical (unpaired) electrons. The van der Waals surface area contributed by atoms with Gasteiger partial charge in [0, 0.05) is 19.2 Å². The van der Waals surface area contributed by atoms with Crippen LogP contribution >= 0.6 is 0 Å². The Hall–Kier alpha value is -1.95. The number of amides is 1. The summed E-state index contributed by atoms with van der Waals surface area (Å²) in [6.07, 6.45) is 1.51. The van der Waals surface area contributed by atoms with Crippen LogP contribution in [0.3, 0.4) is 0 Å². The van der Waals surface area contributed by atoms with Gasteiger partial charge in [0.2, 0.25) is 0 Å². The van der Waals surface area contributed by atoms with Gasteiger partial charge >= 0.3 is 0 Å². The minimum atomic E-state index is -0.870. The smallest absolute Gasteiger partial charge is 0.260 e. The Morgan fingerprint density at radius 2 is 2.21 bits per heavy atom. The van der Waals surface area contributed by atoms with Gasteiger partial charge < -0.3 is 14.7 Å². The van der Waals surface area contributed by atoms with Crippen LogP contribution in [0.25, 0.3) is 0 Å². The lowest BCUT2D eigenvalue weighted by Gasteiger charge is -2.20. The normalized spacial score (nSPS) is 10.1. The number of aliphatic hydroxyl groups is 1. The van der Waals surface area contributed by atoms with Crippen molar-refractivity contribution in [1.82, 2.24) is 4.90 Å². The number of benzene rings is 1. The number of hydrogen-bond donors (Lipinski definition) is 1. The van der Waals surface area contributed by atoms with Crippen LogP contribution in [-0.4, -0.2) is 42.2 Å². The van der Waals surface area contributed by atoms with E-state index < -0.39 is 24.1 Å². The van der Waals surface area contributed by atoms with Crippen LogP contribution < -0.4 is 4.74 Å². The van der Waals surface area contributed by atoms with E-state index in [2.05, 4.69) is 6.58 Å². The summed E-state index contributed by atoms with van der Waals surface area (Å²) < 4.78 is 30.9. The van der Waals surface area contributed by atoms with Gasteiger partial charge in [-0.1, -0.05) is 6.08 Å². The lowest BCUT2D eigenvalue weighted by molar-refractivity contribution is -0.133. The molecule has 0 heterocycles. The second-order valence-corrected chi connectivity index (χ2v) is 3.72. The average Bonchev–Trinajstić information content (AvgIpc) is 2.37. The molecule has 1 amide bonds. The van der Waals surface area contributed by atoms with Crippen molar-refractivity contribution in [2.24, 2.45) is 0 Å². The molecule has 0 saturated heterocycles. The van der Waals surface area contributed by atoms with Crippen molar-refractivity contribution in [3.05, 3.63) is 42.5 Å². The van der Waals surface area contributed by atoms with Crippen molar-refractivity contribution >= 4 is 5.91 Å². The minimum absolute atomic E-state index is 0.139. The first-order valence-corrected chi connectivity index (χ1v) is 5.66. The van der Waals surface area contributed by atoms with Gasteiger partial charge in [-0.25, -0.2) is 8.78 Å². The summed E-state index contributed by atoms with van der Waals surface area (Å²) >= 11 is 0. The van der Waals surface area contributed by atoms with Crippen LogP contribution in [0.5, 0.6) is 5.75 Å². The van der Waals surface area contributed by atoms with Gasteiger partial charge in [0.1, 0.15) is 5.82 Å². The number of carbonyl (C=O) groups excluding carboxylic acids is 1. The quantitative estimate of drug-likeness (QED) is 0.762. The number of ether oxygens (including phenoxy) is 1. The zero-order valence-corrected chi connectivity index (χ0v) is 10.3. The number of hydrogen-bond acceptors (Lipinski definition) is 3. The van der Waals surface area contributed by atoms with Crippen molar-refractivity contribution in [2.75, 3.05) is 26.3 Å². The van der Waals surface area contributed by atoms with E-state index >= 15 is 0 Å². The fourth-order valence-electron chi connectivity index (χ4n) is 1.42. The molecule has 4 nitrogen and oxygen atoms in total. The molecule has 1 N–H and O–H groups in total. The highest BCUT2D eigenvalue weighted by molar-refractivity contribution is 5.77. The van der Waals surface area contributed by atoms with Crippen LogP contribution in [0.15, 0.2) is 30.9 Å². The molecule has 0 aliphatic carbocycles. The minimum Gasteiger partial charge on any atom is -0.481 e. The van der Waals surface area contributed by atoms with Crippen LogP contribution in [0.2, 0.25) is 0 Å². The molecular weight excluding hydrogens is 256 g/mol. The number of rotatable bonds is 7. The van der Waals surface area contributed by atoms with E-state index in [0.29, 0.717) is 6.07 Å². The molecule has 0 unspecified atom stereocenters. The Labute approximate surface area is 109 Å². The van der Waals surface area contributed by atoms with Crippen molar-refractivity contribution in [3.8, 4) is 5.75 Å². The Morgan fingerprint density at radius 3 is 2.79 bits per heavy atom. The average molecular weight is 271 g/mol. The first-order valence-electron chi connectivity index (χ1n) is 5.66. The first kappa shape index (κ1) is 15.1. The highest BCUT2D eigenvalue weighted by Crippen LogP contribution is 2.17. The van der Waals surface area contributed by atoms with Crippen molar-refractivity contribution in [1.29, 1.82) is 0 Å². The maximum Gasteiger partial charge on any atom is 0.260 e. The zero-order chi connectivity index (χ0) is 14.3. The fourth-order valence-corrected chi connectivity index (χ4v) is 1.42. The van der Waals surface area contributed by atoms with Gasteiger partial charge in [-0.2, -0.15) is 0 Å². The lowest BCUT2D eigenvalue weighted by Crippen LogP contribution is -2.37. The van der Waals surface area contributed by atoms with Gasteiger partial charge in [0.05, 0.1) is 6.61 Å². The fraction of sp³-hybridized carbons (Fsp3) is 0.308. The molecule has 0 spiro atoms. The zero-order valence-electron chi connectivity index (χ0n) is 10.3. The molecular formula is C13H15F2NO3. The summed E-state index contributed by atoms with van der Waals surface area (Å²) in [4.78, 5) is 13.0. The molecule has 19 heavy (non-hydrogen) atoms. The molecule has 104 valence electrons. The Bertz CT molecular complexity index is 452. The second kappa shape index (κ2) is 7.48. The number of aliphatic hydroxyl groups excluding tert-OH is 1. The number of halogens is 2. The summed E-state index contributed by atoms with van der Waals surface area (Å²) in [6.45, 7) is 3.30. The standard InChI is InChI=1S/C13H15F2NO3/c1-2-5-16(6-7-17)13(18)9-19-12-4-3-10(14)8-11(12)15/h2-4,8,17H,1,5-7,9H2. The summed E-state index contributed by atoms with van der Waals surface area (Å²) in [5.41, 5.74) is 0. The maximum atomic E-state index is 13.3. The van der Waals surface area contributed by atoms with E-state index in [1.165, 1.54) is 11.0 Å². The molecule has 0 atom stereocenters. The van der Waals surface area contributed by atoms with Gasteiger partial charge in [-0.05, 0) is 12.1 Å². The van der Waals surface area contributed by atoms with E-state index in [4.69, 9.17) is 9.84 Å². The van der Waals surface area contributed by atoms with E-state index in [1.807, 2.05) is 0 Å². The van der Waals surface area contributed by atoms with Gasteiger partial charge in [0.15, 0.2) is 18.2 Å².